The molecule has 0 fully saturated rings. The second-order valence-electron chi connectivity index (χ2n) is 5.94. The topological polar surface area (TPSA) is 63.2 Å². The molecular weight excluding hydrogens is 366 g/mol. The van der Waals surface area contributed by atoms with E-state index in [1.807, 2.05) is 30.5 Å². The number of hydrogen-bond acceptors (Lipinski definition) is 4. The summed E-state index contributed by atoms with van der Waals surface area (Å²) < 4.78 is 26.2. The first-order valence-corrected chi connectivity index (χ1v) is 10.6. The number of carbonyl (C=O) groups is 1. The second-order valence-corrected chi connectivity index (χ2v) is 9.05. The number of amides is 1. The van der Waals surface area contributed by atoms with Gasteiger partial charge in [-0.25, -0.2) is 8.42 Å². The number of nitrogens with one attached hydrogen (secondary N) is 1. The predicted octanol–water partition coefficient (Wildman–Crippen LogP) is 4.00. The number of hydrogen-bond donors (Lipinski definition) is 1. The molecule has 26 heavy (non-hydrogen) atoms. The first-order valence-electron chi connectivity index (χ1n) is 8.15. The Morgan fingerprint density at radius 2 is 1.81 bits per heavy atom. The van der Waals surface area contributed by atoms with E-state index in [1.165, 1.54) is 11.3 Å². The van der Waals surface area contributed by atoms with Crippen molar-refractivity contribution < 1.29 is 13.2 Å². The molecule has 3 rings (SSSR count). The van der Waals surface area contributed by atoms with Crippen molar-refractivity contribution in [2.24, 2.45) is 0 Å². The summed E-state index contributed by atoms with van der Waals surface area (Å²) in [6, 6.07) is 19.1. The SMILES string of the molecule is Cc1cccc(C(=O)NC[C@H](c2cccs2)S(=O)(=O)c2ccccc2)c1. The smallest absolute Gasteiger partial charge is 0.251 e. The lowest BCUT2D eigenvalue weighted by Gasteiger charge is -2.17. The van der Waals surface area contributed by atoms with E-state index in [2.05, 4.69) is 5.32 Å². The Kier molecular flexibility index (Phi) is 5.54. The zero-order valence-electron chi connectivity index (χ0n) is 14.3. The summed E-state index contributed by atoms with van der Waals surface area (Å²) in [6.07, 6.45) is 0. The van der Waals surface area contributed by atoms with Gasteiger partial charge in [-0.3, -0.25) is 4.79 Å². The minimum Gasteiger partial charge on any atom is -0.350 e. The normalized spacial score (nSPS) is 12.5. The molecule has 1 amide bonds. The van der Waals surface area contributed by atoms with Gasteiger partial charge in [0.2, 0.25) is 0 Å². The number of sulfone groups is 1. The fourth-order valence-corrected chi connectivity index (χ4v) is 5.49. The van der Waals surface area contributed by atoms with E-state index in [0.717, 1.165) is 5.56 Å². The van der Waals surface area contributed by atoms with E-state index in [9.17, 15) is 13.2 Å². The highest BCUT2D eigenvalue weighted by molar-refractivity contribution is 7.91. The van der Waals surface area contributed by atoms with Crippen LogP contribution >= 0.6 is 11.3 Å². The molecule has 1 aromatic heterocycles. The lowest BCUT2D eigenvalue weighted by Crippen LogP contribution is -2.31. The minimum atomic E-state index is -3.61. The van der Waals surface area contributed by atoms with Crippen molar-refractivity contribution in [3.63, 3.8) is 0 Å². The second kappa shape index (κ2) is 7.85. The summed E-state index contributed by atoms with van der Waals surface area (Å²) in [5.41, 5.74) is 1.50. The monoisotopic (exact) mass is 385 g/mol. The highest BCUT2D eigenvalue weighted by atomic mass is 32.2. The van der Waals surface area contributed by atoms with Gasteiger partial charge in [0.05, 0.1) is 4.90 Å². The number of carbonyl (C=O) groups excluding carboxylic acids is 1. The Morgan fingerprint density at radius 1 is 1.04 bits per heavy atom. The molecule has 0 aliphatic rings. The third kappa shape index (κ3) is 4.03. The Hall–Kier alpha value is -2.44. The van der Waals surface area contributed by atoms with Crippen LogP contribution in [0.4, 0.5) is 0 Å². The zero-order chi connectivity index (χ0) is 18.6. The fourth-order valence-electron chi connectivity index (χ4n) is 2.69. The maximum absolute atomic E-state index is 13.1. The molecular formula is C20H19NO3S2. The van der Waals surface area contributed by atoms with Crippen LogP contribution in [0.1, 0.15) is 26.0 Å². The van der Waals surface area contributed by atoms with E-state index in [-0.39, 0.29) is 17.3 Å². The van der Waals surface area contributed by atoms with Crippen molar-refractivity contribution in [2.45, 2.75) is 17.1 Å². The van der Waals surface area contributed by atoms with Gasteiger partial charge in [-0.2, -0.15) is 0 Å². The highest BCUT2D eigenvalue weighted by Gasteiger charge is 2.30. The van der Waals surface area contributed by atoms with Crippen molar-refractivity contribution in [2.75, 3.05) is 6.54 Å². The maximum Gasteiger partial charge on any atom is 0.251 e. The maximum atomic E-state index is 13.1. The van der Waals surface area contributed by atoms with Gasteiger partial charge in [0.25, 0.3) is 5.91 Å². The molecule has 0 spiro atoms. The van der Waals surface area contributed by atoms with Gasteiger partial charge in [0.1, 0.15) is 5.25 Å². The van der Waals surface area contributed by atoms with Crippen LogP contribution in [-0.2, 0) is 9.84 Å². The van der Waals surface area contributed by atoms with Gasteiger partial charge < -0.3 is 5.32 Å². The first kappa shape index (κ1) is 18.4. The van der Waals surface area contributed by atoms with Gasteiger partial charge in [0.15, 0.2) is 9.84 Å². The Morgan fingerprint density at radius 3 is 2.46 bits per heavy atom. The molecule has 1 heterocycles. The quantitative estimate of drug-likeness (QED) is 0.697. The molecule has 0 unspecified atom stereocenters. The van der Waals surface area contributed by atoms with Gasteiger partial charge in [-0.15, -0.1) is 11.3 Å². The van der Waals surface area contributed by atoms with E-state index >= 15 is 0 Å². The fraction of sp³-hybridized carbons (Fsp3) is 0.150. The van der Waals surface area contributed by atoms with Crippen molar-refractivity contribution >= 4 is 27.1 Å². The van der Waals surface area contributed by atoms with Crippen LogP contribution in [0.5, 0.6) is 0 Å². The molecule has 0 saturated carbocycles. The summed E-state index contributed by atoms with van der Waals surface area (Å²) in [6.45, 7) is 1.93. The Bertz CT molecular complexity index is 981. The van der Waals surface area contributed by atoms with Crippen LogP contribution in [0.25, 0.3) is 0 Å². The van der Waals surface area contributed by atoms with Crippen molar-refractivity contribution in [3.8, 4) is 0 Å². The number of benzene rings is 2. The Labute approximate surface area is 157 Å². The van der Waals surface area contributed by atoms with E-state index < -0.39 is 15.1 Å². The lowest BCUT2D eigenvalue weighted by molar-refractivity contribution is 0.0953. The van der Waals surface area contributed by atoms with Crippen molar-refractivity contribution in [3.05, 3.63) is 88.1 Å². The minimum absolute atomic E-state index is 0.0184. The molecule has 1 N–H and O–H groups in total. The average molecular weight is 386 g/mol. The predicted molar refractivity (Wildman–Crippen MR) is 104 cm³/mol. The van der Waals surface area contributed by atoms with Crippen molar-refractivity contribution in [1.82, 2.24) is 5.32 Å². The molecule has 0 aliphatic heterocycles. The summed E-state index contributed by atoms with van der Waals surface area (Å²) in [5, 5.41) is 3.80. The molecule has 6 heteroatoms. The largest absolute Gasteiger partial charge is 0.350 e. The standard InChI is InChI=1S/C20H19NO3S2/c1-15-7-5-8-16(13-15)20(22)21-14-19(18-11-6-12-25-18)26(23,24)17-9-3-2-4-10-17/h2-13,19H,14H2,1H3,(H,21,22)/t19-/m1/s1. The van der Waals surface area contributed by atoms with Gasteiger partial charge in [-0.05, 0) is 42.6 Å². The number of thiophene rings is 1. The summed E-state index contributed by atoms with van der Waals surface area (Å²) in [4.78, 5) is 13.4. The van der Waals surface area contributed by atoms with E-state index in [0.29, 0.717) is 10.4 Å². The highest BCUT2D eigenvalue weighted by Crippen LogP contribution is 2.31. The van der Waals surface area contributed by atoms with Crippen LogP contribution in [0.3, 0.4) is 0 Å². The molecule has 0 radical (unpaired) electrons. The first-order chi connectivity index (χ1) is 12.5. The number of rotatable bonds is 6. The van der Waals surface area contributed by atoms with Crippen LogP contribution in [0.2, 0.25) is 0 Å². The zero-order valence-corrected chi connectivity index (χ0v) is 15.9. The molecule has 4 nitrogen and oxygen atoms in total. The van der Waals surface area contributed by atoms with Crippen LogP contribution < -0.4 is 5.32 Å². The summed E-state index contributed by atoms with van der Waals surface area (Å²) >= 11 is 1.37. The molecule has 0 aliphatic carbocycles. The molecule has 3 aromatic rings. The molecule has 2 aromatic carbocycles. The van der Waals surface area contributed by atoms with E-state index in [1.54, 1.807) is 48.5 Å². The third-order valence-corrected chi connectivity index (χ3v) is 7.27. The molecule has 134 valence electrons. The van der Waals surface area contributed by atoms with Crippen LogP contribution in [0, 0.1) is 6.92 Å². The average Bonchev–Trinajstić information content (AvgIpc) is 3.16. The van der Waals surface area contributed by atoms with Gasteiger partial charge in [0, 0.05) is 17.0 Å². The van der Waals surface area contributed by atoms with E-state index in [4.69, 9.17) is 0 Å². The van der Waals surface area contributed by atoms with Crippen LogP contribution in [-0.4, -0.2) is 20.9 Å². The molecule has 1 atom stereocenters. The third-order valence-electron chi connectivity index (χ3n) is 4.04. The lowest BCUT2D eigenvalue weighted by atomic mass is 10.1. The van der Waals surface area contributed by atoms with Gasteiger partial charge in [-0.1, -0.05) is 42.0 Å². The summed E-state index contributed by atoms with van der Waals surface area (Å²) in [7, 11) is -3.61. The number of aryl methyl sites for hydroxylation is 1. The van der Waals surface area contributed by atoms with Gasteiger partial charge >= 0.3 is 0 Å². The Balaban J connectivity index is 1.85. The molecule has 0 bridgehead atoms. The van der Waals surface area contributed by atoms with Crippen LogP contribution in [0.15, 0.2) is 77.0 Å². The molecule has 0 saturated heterocycles. The van der Waals surface area contributed by atoms with Crippen molar-refractivity contribution in [1.29, 1.82) is 0 Å². The summed E-state index contributed by atoms with van der Waals surface area (Å²) in [5.74, 6) is -0.279.